The number of amides is 1. The van der Waals surface area contributed by atoms with E-state index < -0.39 is 17.5 Å². The molecular formula is C9H15NO4. The standard InChI is InChI=1S/C9H15NO4/c1-2-9(7(11)12)4-3-5-10(6-9)8(13)14/h2-6H2,1H3,(H,11,12)(H,13,14). The maximum Gasteiger partial charge on any atom is 0.407 e. The lowest BCUT2D eigenvalue weighted by Crippen LogP contribution is -2.49. The van der Waals surface area contributed by atoms with Gasteiger partial charge in [-0.15, -0.1) is 0 Å². The SMILES string of the molecule is CCC1(C(=O)O)CCCN(C(=O)O)C1. The van der Waals surface area contributed by atoms with Crippen LogP contribution in [0.15, 0.2) is 0 Å². The molecule has 1 amide bonds. The van der Waals surface area contributed by atoms with Crippen molar-refractivity contribution in [3.05, 3.63) is 0 Å². The van der Waals surface area contributed by atoms with Gasteiger partial charge in [0.05, 0.1) is 5.41 Å². The maximum absolute atomic E-state index is 11.1. The number of hydrogen-bond acceptors (Lipinski definition) is 2. The van der Waals surface area contributed by atoms with E-state index in [1.807, 2.05) is 0 Å². The largest absolute Gasteiger partial charge is 0.481 e. The molecule has 0 aromatic heterocycles. The predicted molar refractivity (Wildman–Crippen MR) is 49.2 cm³/mol. The van der Waals surface area contributed by atoms with E-state index >= 15 is 0 Å². The van der Waals surface area contributed by atoms with Crippen LogP contribution in [-0.4, -0.2) is 40.3 Å². The Morgan fingerprint density at radius 1 is 1.43 bits per heavy atom. The smallest absolute Gasteiger partial charge is 0.407 e. The molecule has 80 valence electrons. The van der Waals surface area contributed by atoms with Gasteiger partial charge in [-0.2, -0.15) is 0 Å². The molecule has 0 spiro atoms. The van der Waals surface area contributed by atoms with E-state index in [1.165, 1.54) is 4.90 Å². The Morgan fingerprint density at radius 3 is 2.50 bits per heavy atom. The van der Waals surface area contributed by atoms with Crippen LogP contribution in [0.5, 0.6) is 0 Å². The highest BCUT2D eigenvalue weighted by atomic mass is 16.4. The maximum atomic E-state index is 11.1. The molecule has 1 heterocycles. The van der Waals surface area contributed by atoms with E-state index in [-0.39, 0.29) is 6.54 Å². The molecule has 5 nitrogen and oxygen atoms in total. The first kappa shape index (κ1) is 10.8. The molecule has 1 unspecified atom stereocenters. The second kappa shape index (κ2) is 3.86. The Hall–Kier alpha value is -1.26. The van der Waals surface area contributed by atoms with Crippen molar-refractivity contribution in [3.8, 4) is 0 Å². The van der Waals surface area contributed by atoms with Gasteiger partial charge in [-0.25, -0.2) is 4.79 Å². The minimum Gasteiger partial charge on any atom is -0.481 e. The topological polar surface area (TPSA) is 77.8 Å². The van der Waals surface area contributed by atoms with E-state index in [1.54, 1.807) is 6.92 Å². The number of carbonyl (C=O) groups is 2. The number of carboxylic acid groups (broad SMARTS) is 2. The van der Waals surface area contributed by atoms with Gasteiger partial charge in [0.2, 0.25) is 0 Å². The van der Waals surface area contributed by atoms with Gasteiger partial charge in [0.25, 0.3) is 0 Å². The number of hydrogen-bond donors (Lipinski definition) is 2. The Labute approximate surface area is 82.3 Å². The first-order valence-electron chi connectivity index (χ1n) is 4.73. The van der Waals surface area contributed by atoms with Crippen LogP contribution in [0.1, 0.15) is 26.2 Å². The van der Waals surface area contributed by atoms with E-state index in [0.29, 0.717) is 25.8 Å². The fourth-order valence-electron chi connectivity index (χ4n) is 1.91. The second-order valence-corrected chi connectivity index (χ2v) is 3.75. The molecule has 0 saturated carbocycles. The Balaban J connectivity index is 2.79. The van der Waals surface area contributed by atoms with Gasteiger partial charge in [0.15, 0.2) is 0 Å². The average molecular weight is 201 g/mol. The highest BCUT2D eigenvalue weighted by molar-refractivity contribution is 5.76. The molecule has 0 radical (unpaired) electrons. The van der Waals surface area contributed by atoms with Crippen molar-refractivity contribution in [1.82, 2.24) is 4.90 Å². The third-order valence-electron chi connectivity index (χ3n) is 2.98. The van der Waals surface area contributed by atoms with Gasteiger partial charge in [0, 0.05) is 13.1 Å². The van der Waals surface area contributed by atoms with Gasteiger partial charge in [0.1, 0.15) is 0 Å². The zero-order valence-electron chi connectivity index (χ0n) is 8.19. The summed E-state index contributed by atoms with van der Waals surface area (Å²) >= 11 is 0. The highest BCUT2D eigenvalue weighted by Crippen LogP contribution is 2.33. The number of carboxylic acids is 1. The van der Waals surface area contributed by atoms with E-state index in [4.69, 9.17) is 10.2 Å². The Kier molecular flexibility index (Phi) is 2.98. The molecule has 2 N–H and O–H groups in total. The van der Waals surface area contributed by atoms with Crippen LogP contribution in [0.2, 0.25) is 0 Å². The van der Waals surface area contributed by atoms with Crippen LogP contribution < -0.4 is 0 Å². The van der Waals surface area contributed by atoms with Crippen molar-refractivity contribution >= 4 is 12.1 Å². The zero-order chi connectivity index (χ0) is 10.8. The second-order valence-electron chi connectivity index (χ2n) is 3.75. The van der Waals surface area contributed by atoms with Gasteiger partial charge in [-0.05, 0) is 19.3 Å². The van der Waals surface area contributed by atoms with Crippen molar-refractivity contribution in [1.29, 1.82) is 0 Å². The van der Waals surface area contributed by atoms with E-state index in [2.05, 4.69) is 0 Å². The third kappa shape index (κ3) is 1.81. The predicted octanol–water partition coefficient (Wildman–Crippen LogP) is 1.24. The lowest BCUT2D eigenvalue weighted by Gasteiger charge is -2.37. The van der Waals surface area contributed by atoms with Crippen LogP contribution >= 0.6 is 0 Å². The van der Waals surface area contributed by atoms with Gasteiger partial charge in [-0.1, -0.05) is 6.92 Å². The molecule has 1 rings (SSSR count). The first-order valence-corrected chi connectivity index (χ1v) is 4.73. The van der Waals surface area contributed by atoms with Crippen LogP contribution in [-0.2, 0) is 4.79 Å². The lowest BCUT2D eigenvalue weighted by molar-refractivity contribution is -0.152. The molecule has 0 bridgehead atoms. The summed E-state index contributed by atoms with van der Waals surface area (Å²) in [4.78, 5) is 23.0. The highest BCUT2D eigenvalue weighted by Gasteiger charge is 2.42. The van der Waals surface area contributed by atoms with Gasteiger partial charge < -0.3 is 15.1 Å². The monoisotopic (exact) mass is 201 g/mol. The average Bonchev–Trinajstić information content (AvgIpc) is 2.17. The third-order valence-corrected chi connectivity index (χ3v) is 2.98. The molecule has 0 aromatic carbocycles. The molecule has 5 heteroatoms. The number of piperidine rings is 1. The van der Waals surface area contributed by atoms with Crippen molar-refractivity contribution < 1.29 is 19.8 Å². The summed E-state index contributed by atoms with van der Waals surface area (Å²) < 4.78 is 0. The van der Waals surface area contributed by atoms with Crippen LogP contribution in [0.25, 0.3) is 0 Å². The van der Waals surface area contributed by atoms with Crippen LogP contribution in [0.4, 0.5) is 4.79 Å². The molecule has 0 aliphatic carbocycles. The summed E-state index contributed by atoms with van der Waals surface area (Å²) in [6, 6.07) is 0. The van der Waals surface area contributed by atoms with Crippen molar-refractivity contribution in [2.75, 3.05) is 13.1 Å². The van der Waals surface area contributed by atoms with E-state index in [0.717, 1.165) is 0 Å². The summed E-state index contributed by atoms with van der Waals surface area (Å²) in [5.41, 5.74) is -0.864. The molecule has 1 atom stereocenters. The van der Waals surface area contributed by atoms with Gasteiger partial charge in [-0.3, -0.25) is 4.79 Å². The van der Waals surface area contributed by atoms with Crippen molar-refractivity contribution in [2.45, 2.75) is 26.2 Å². The van der Waals surface area contributed by atoms with Gasteiger partial charge >= 0.3 is 12.1 Å². The molecule has 0 aromatic rings. The summed E-state index contributed by atoms with van der Waals surface area (Å²) in [5, 5.41) is 17.8. The van der Waals surface area contributed by atoms with Crippen LogP contribution in [0, 0.1) is 5.41 Å². The minimum absolute atomic E-state index is 0.119. The molecule has 14 heavy (non-hydrogen) atoms. The minimum atomic E-state index is -1.02. The fraction of sp³-hybridized carbons (Fsp3) is 0.778. The summed E-state index contributed by atoms with van der Waals surface area (Å²) in [6.45, 7) is 2.36. The number of rotatable bonds is 2. The van der Waals surface area contributed by atoms with Crippen LogP contribution in [0.3, 0.4) is 0 Å². The number of aliphatic carboxylic acids is 1. The molecule has 1 aliphatic rings. The van der Waals surface area contributed by atoms with E-state index in [9.17, 15) is 9.59 Å². The normalized spacial score (nSPS) is 27.4. The molecular weight excluding hydrogens is 186 g/mol. The molecule has 1 fully saturated rings. The molecule has 1 aliphatic heterocycles. The fourth-order valence-corrected chi connectivity index (χ4v) is 1.91. The number of likely N-dealkylation sites (tertiary alicyclic amines) is 1. The lowest BCUT2D eigenvalue weighted by atomic mass is 9.78. The first-order chi connectivity index (χ1) is 6.52. The Bertz CT molecular complexity index is 253. The molecule has 1 saturated heterocycles. The summed E-state index contributed by atoms with van der Waals surface area (Å²) in [6.07, 6.45) is 0.657. The summed E-state index contributed by atoms with van der Waals surface area (Å²) in [7, 11) is 0. The van der Waals surface area contributed by atoms with Crippen molar-refractivity contribution in [2.24, 2.45) is 5.41 Å². The Morgan fingerprint density at radius 2 is 2.07 bits per heavy atom. The van der Waals surface area contributed by atoms with Crippen molar-refractivity contribution in [3.63, 3.8) is 0 Å². The summed E-state index contributed by atoms with van der Waals surface area (Å²) in [5.74, 6) is -0.883. The quantitative estimate of drug-likeness (QED) is 0.704. The zero-order valence-corrected chi connectivity index (χ0v) is 8.19. The number of nitrogens with zero attached hydrogens (tertiary/aromatic N) is 1.